The van der Waals surface area contributed by atoms with E-state index in [0.717, 1.165) is 15.9 Å². The van der Waals surface area contributed by atoms with E-state index >= 15 is 0 Å². The molecule has 1 heterocycles. The standard InChI is InChI=1S/C11H17BrN2O/c1-7(2)10(6-15)14-11-4-8(3)9(12)5-13-11/h4-5,7,10,15H,6H2,1-3H3,(H,13,14). The van der Waals surface area contributed by atoms with Gasteiger partial charge < -0.3 is 10.4 Å². The lowest BCUT2D eigenvalue weighted by Gasteiger charge is -2.20. The summed E-state index contributed by atoms with van der Waals surface area (Å²) in [6.45, 7) is 6.27. The minimum Gasteiger partial charge on any atom is -0.394 e. The van der Waals surface area contributed by atoms with Crippen molar-refractivity contribution in [2.75, 3.05) is 11.9 Å². The molecule has 1 rings (SSSR count). The van der Waals surface area contributed by atoms with Gasteiger partial charge in [0.15, 0.2) is 0 Å². The SMILES string of the molecule is Cc1cc(NC(CO)C(C)C)ncc1Br. The van der Waals surface area contributed by atoms with Crippen LogP contribution in [0, 0.1) is 12.8 Å². The van der Waals surface area contributed by atoms with Crippen LogP contribution in [-0.2, 0) is 0 Å². The van der Waals surface area contributed by atoms with Crippen LogP contribution in [0.5, 0.6) is 0 Å². The highest BCUT2D eigenvalue weighted by Crippen LogP contribution is 2.18. The van der Waals surface area contributed by atoms with Gasteiger partial charge in [0, 0.05) is 10.7 Å². The van der Waals surface area contributed by atoms with Crippen LogP contribution in [0.25, 0.3) is 0 Å². The topological polar surface area (TPSA) is 45.1 Å². The Morgan fingerprint density at radius 3 is 2.67 bits per heavy atom. The van der Waals surface area contributed by atoms with Gasteiger partial charge in [-0.1, -0.05) is 13.8 Å². The van der Waals surface area contributed by atoms with E-state index in [1.807, 2.05) is 13.0 Å². The van der Waals surface area contributed by atoms with E-state index in [2.05, 4.69) is 40.1 Å². The number of pyridine rings is 1. The molecule has 1 atom stereocenters. The zero-order chi connectivity index (χ0) is 11.4. The number of aliphatic hydroxyl groups excluding tert-OH is 1. The Bertz CT molecular complexity index is 328. The molecule has 15 heavy (non-hydrogen) atoms. The van der Waals surface area contributed by atoms with E-state index in [0.29, 0.717) is 5.92 Å². The molecule has 0 aliphatic heterocycles. The summed E-state index contributed by atoms with van der Waals surface area (Å²) in [6.07, 6.45) is 1.77. The maximum Gasteiger partial charge on any atom is 0.126 e. The molecule has 0 saturated heterocycles. The van der Waals surface area contributed by atoms with Gasteiger partial charge in [-0.3, -0.25) is 0 Å². The van der Waals surface area contributed by atoms with E-state index in [-0.39, 0.29) is 12.6 Å². The molecule has 0 bridgehead atoms. The lowest BCUT2D eigenvalue weighted by atomic mass is 10.1. The average molecular weight is 273 g/mol. The van der Waals surface area contributed by atoms with Crippen molar-refractivity contribution in [1.82, 2.24) is 4.98 Å². The minimum atomic E-state index is 0.0538. The minimum absolute atomic E-state index is 0.0538. The van der Waals surface area contributed by atoms with Crippen LogP contribution in [0.4, 0.5) is 5.82 Å². The molecule has 0 spiro atoms. The van der Waals surface area contributed by atoms with Crippen molar-refractivity contribution < 1.29 is 5.11 Å². The fourth-order valence-electron chi connectivity index (χ4n) is 1.23. The molecule has 4 heteroatoms. The van der Waals surface area contributed by atoms with E-state index in [9.17, 15) is 5.11 Å². The number of nitrogens with one attached hydrogen (secondary N) is 1. The van der Waals surface area contributed by atoms with Crippen LogP contribution < -0.4 is 5.32 Å². The maximum atomic E-state index is 9.18. The number of anilines is 1. The van der Waals surface area contributed by atoms with Gasteiger partial charge in [0.25, 0.3) is 0 Å². The number of hydrogen-bond acceptors (Lipinski definition) is 3. The number of aryl methyl sites for hydroxylation is 1. The predicted octanol–water partition coefficient (Wildman–Crippen LogP) is 2.58. The number of halogens is 1. The quantitative estimate of drug-likeness (QED) is 0.886. The lowest BCUT2D eigenvalue weighted by Crippen LogP contribution is -2.29. The second kappa shape index (κ2) is 5.47. The zero-order valence-electron chi connectivity index (χ0n) is 9.29. The molecule has 0 aliphatic carbocycles. The van der Waals surface area contributed by atoms with Gasteiger partial charge in [0.1, 0.15) is 5.82 Å². The van der Waals surface area contributed by atoms with E-state index in [1.165, 1.54) is 0 Å². The molecule has 0 amide bonds. The monoisotopic (exact) mass is 272 g/mol. The second-order valence-corrected chi connectivity index (χ2v) is 4.85. The highest BCUT2D eigenvalue weighted by atomic mass is 79.9. The largest absolute Gasteiger partial charge is 0.394 e. The Kier molecular flexibility index (Phi) is 4.54. The summed E-state index contributed by atoms with van der Waals surface area (Å²) in [5, 5.41) is 12.4. The summed E-state index contributed by atoms with van der Waals surface area (Å²) < 4.78 is 0.998. The van der Waals surface area contributed by atoms with Crippen molar-refractivity contribution in [1.29, 1.82) is 0 Å². The maximum absolute atomic E-state index is 9.18. The van der Waals surface area contributed by atoms with Gasteiger partial charge >= 0.3 is 0 Å². The van der Waals surface area contributed by atoms with Crippen LogP contribution in [-0.4, -0.2) is 22.7 Å². The van der Waals surface area contributed by atoms with Gasteiger partial charge in [0.05, 0.1) is 12.6 Å². The summed E-state index contributed by atoms with van der Waals surface area (Å²) >= 11 is 3.40. The fourth-order valence-corrected chi connectivity index (χ4v) is 1.45. The Morgan fingerprint density at radius 2 is 2.20 bits per heavy atom. The molecule has 0 saturated carbocycles. The second-order valence-electron chi connectivity index (χ2n) is 4.00. The number of aliphatic hydroxyl groups is 1. The van der Waals surface area contributed by atoms with E-state index in [1.54, 1.807) is 6.20 Å². The summed E-state index contributed by atoms with van der Waals surface area (Å²) in [4.78, 5) is 4.24. The predicted molar refractivity (Wildman–Crippen MR) is 66.0 cm³/mol. The number of nitrogens with zero attached hydrogens (tertiary/aromatic N) is 1. The van der Waals surface area contributed by atoms with Crippen LogP contribution >= 0.6 is 15.9 Å². The Labute approximate surface area is 99.1 Å². The normalized spacial score (nSPS) is 12.9. The molecule has 2 N–H and O–H groups in total. The first kappa shape index (κ1) is 12.5. The van der Waals surface area contributed by atoms with Crippen molar-refractivity contribution in [3.63, 3.8) is 0 Å². The number of hydrogen-bond donors (Lipinski definition) is 2. The van der Waals surface area contributed by atoms with Gasteiger partial charge in [-0.25, -0.2) is 4.98 Å². The first-order valence-corrected chi connectivity index (χ1v) is 5.83. The Morgan fingerprint density at radius 1 is 1.53 bits per heavy atom. The van der Waals surface area contributed by atoms with Crippen LogP contribution in [0.2, 0.25) is 0 Å². The van der Waals surface area contributed by atoms with E-state index in [4.69, 9.17) is 0 Å². The molecule has 84 valence electrons. The van der Waals surface area contributed by atoms with Crippen LogP contribution in [0.15, 0.2) is 16.7 Å². The molecule has 0 aliphatic rings. The molecule has 3 nitrogen and oxygen atoms in total. The first-order chi connectivity index (χ1) is 7.04. The summed E-state index contributed by atoms with van der Waals surface area (Å²) in [5.41, 5.74) is 1.13. The van der Waals surface area contributed by atoms with Crippen molar-refractivity contribution in [3.05, 3.63) is 22.3 Å². The number of aromatic nitrogens is 1. The molecular formula is C11H17BrN2O. The molecule has 0 fully saturated rings. The van der Waals surface area contributed by atoms with Gasteiger partial charge in [-0.2, -0.15) is 0 Å². The lowest BCUT2D eigenvalue weighted by molar-refractivity contribution is 0.249. The third-order valence-electron chi connectivity index (χ3n) is 2.38. The molecule has 1 aromatic rings. The zero-order valence-corrected chi connectivity index (χ0v) is 10.9. The van der Waals surface area contributed by atoms with Gasteiger partial charge in [0.2, 0.25) is 0 Å². The smallest absolute Gasteiger partial charge is 0.126 e. The van der Waals surface area contributed by atoms with Crippen molar-refractivity contribution in [3.8, 4) is 0 Å². The number of rotatable bonds is 4. The van der Waals surface area contributed by atoms with Gasteiger partial charge in [-0.15, -0.1) is 0 Å². The molecular weight excluding hydrogens is 256 g/mol. The highest BCUT2D eigenvalue weighted by Gasteiger charge is 2.12. The van der Waals surface area contributed by atoms with Crippen molar-refractivity contribution >= 4 is 21.7 Å². The van der Waals surface area contributed by atoms with Crippen molar-refractivity contribution in [2.24, 2.45) is 5.92 Å². The Hall–Kier alpha value is -0.610. The molecule has 1 aromatic heterocycles. The fraction of sp³-hybridized carbons (Fsp3) is 0.545. The first-order valence-electron chi connectivity index (χ1n) is 5.04. The van der Waals surface area contributed by atoms with Crippen LogP contribution in [0.3, 0.4) is 0 Å². The molecule has 0 aromatic carbocycles. The third kappa shape index (κ3) is 3.47. The Balaban J connectivity index is 2.75. The summed E-state index contributed by atoms with van der Waals surface area (Å²) in [6, 6.07) is 2.02. The van der Waals surface area contributed by atoms with E-state index < -0.39 is 0 Å². The summed E-state index contributed by atoms with van der Waals surface area (Å²) in [7, 11) is 0. The molecule has 0 radical (unpaired) electrons. The third-order valence-corrected chi connectivity index (χ3v) is 3.21. The average Bonchev–Trinajstić information content (AvgIpc) is 2.19. The molecule has 1 unspecified atom stereocenters. The summed E-state index contributed by atoms with van der Waals surface area (Å²) in [5.74, 6) is 1.18. The highest BCUT2D eigenvalue weighted by molar-refractivity contribution is 9.10. The van der Waals surface area contributed by atoms with Gasteiger partial charge in [-0.05, 0) is 40.4 Å². The van der Waals surface area contributed by atoms with Crippen LogP contribution in [0.1, 0.15) is 19.4 Å². The van der Waals surface area contributed by atoms with Crippen molar-refractivity contribution in [2.45, 2.75) is 26.8 Å².